The van der Waals surface area contributed by atoms with E-state index < -0.39 is 0 Å². The minimum Gasteiger partial charge on any atom is -0.316 e. The van der Waals surface area contributed by atoms with Gasteiger partial charge in [-0.1, -0.05) is 10.4 Å². The van der Waals surface area contributed by atoms with Gasteiger partial charge >= 0.3 is 0 Å². The van der Waals surface area contributed by atoms with E-state index in [1.807, 2.05) is 0 Å². The van der Waals surface area contributed by atoms with Gasteiger partial charge in [0.15, 0.2) is 11.6 Å². The molecule has 0 radical (unpaired) electrons. The molecule has 4 fully saturated rings. The number of fused-ring (bicyclic) bond motifs is 2. The van der Waals surface area contributed by atoms with E-state index >= 15 is 0 Å². The maximum Gasteiger partial charge on any atom is 0.174 e. The van der Waals surface area contributed by atoms with E-state index in [4.69, 9.17) is 0 Å². The van der Waals surface area contributed by atoms with Crippen molar-refractivity contribution >= 4 is 0 Å². The smallest absolute Gasteiger partial charge is 0.174 e. The SMILES string of the molecule is C1NCC2C1C2Cc1nn[nH]n1.CN1CC2C(Cc3nn[nH]n3)C2C1. The summed E-state index contributed by atoms with van der Waals surface area (Å²) in [4.78, 5) is 2.40. The summed E-state index contributed by atoms with van der Waals surface area (Å²) in [5, 5.41) is 31.3. The molecule has 4 aliphatic rings. The van der Waals surface area contributed by atoms with Crippen LogP contribution < -0.4 is 5.32 Å². The maximum atomic E-state index is 3.98. The van der Waals surface area contributed by atoms with Crippen LogP contribution in [0.2, 0.25) is 0 Å². The van der Waals surface area contributed by atoms with Crippen LogP contribution in [0.25, 0.3) is 0 Å². The Labute approximate surface area is 145 Å². The number of aromatic amines is 2. The number of rotatable bonds is 4. The van der Waals surface area contributed by atoms with E-state index in [0.29, 0.717) is 0 Å². The number of likely N-dealkylation sites (tertiary alicyclic amines) is 1. The minimum absolute atomic E-state index is 0.823. The number of nitrogens with one attached hydrogen (secondary N) is 3. The van der Waals surface area contributed by atoms with Gasteiger partial charge in [0.05, 0.1) is 0 Å². The van der Waals surface area contributed by atoms with Crippen molar-refractivity contribution in [3.63, 3.8) is 0 Å². The second-order valence-corrected chi connectivity index (χ2v) is 7.93. The summed E-state index contributed by atoms with van der Waals surface area (Å²) in [6.45, 7) is 4.89. The summed E-state index contributed by atoms with van der Waals surface area (Å²) in [5.74, 6) is 6.99. The van der Waals surface area contributed by atoms with E-state index in [2.05, 4.69) is 58.5 Å². The first kappa shape index (κ1) is 15.3. The largest absolute Gasteiger partial charge is 0.316 e. The zero-order valence-electron chi connectivity index (χ0n) is 14.3. The van der Waals surface area contributed by atoms with Crippen LogP contribution in [-0.2, 0) is 12.8 Å². The van der Waals surface area contributed by atoms with Crippen LogP contribution in [0.1, 0.15) is 11.6 Å². The Balaban J connectivity index is 0.000000112. The third-order valence-electron chi connectivity index (χ3n) is 6.44. The highest BCUT2D eigenvalue weighted by Crippen LogP contribution is 2.52. The first-order chi connectivity index (χ1) is 12.3. The lowest BCUT2D eigenvalue weighted by atomic mass is 10.2. The zero-order chi connectivity index (χ0) is 16.8. The van der Waals surface area contributed by atoms with Gasteiger partial charge in [-0.2, -0.15) is 10.4 Å². The van der Waals surface area contributed by atoms with Gasteiger partial charge in [-0.25, -0.2) is 0 Å². The molecule has 4 unspecified atom stereocenters. The summed E-state index contributed by atoms with van der Waals surface area (Å²) in [5.41, 5.74) is 0. The van der Waals surface area contributed by atoms with Crippen molar-refractivity contribution in [3.05, 3.63) is 11.6 Å². The molecule has 10 heteroatoms. The Morgan fingerprint density at radius 2 is 1.36 bits per heavy atom. The molecule has 0 amide bonds. The van der Waals surface area contributed by atoms with Crippen molar-refractivity contribution in [2.24, 2.45) is 35.5 Å². The van der Waals surface area contributed by atoms with Gasteiger partial charge in [-0.05, 0) is 55.6 Å². The van der Waals surface area contributed by atoms with Crippen molar-refractivity contribution < 1.29 is 0 Å². The Bertz CT molecular complexity index is 663. The third kappa shape index (κ3) is 3.04. The number of hydrogen-bond acceptors (Lipinski definition) is 8. The number of tetrazole rings is 2. The first-order valence-corrected chi connectivity index (χ1v) is 9.13. The van der Waals surface area contributed by atoms with Crippen LogP contribution in [0.5, 0.6) is 0 Å². The molecule has 0 bridgehead atoms. The molecule has 4 heterocycles. The molecule has 2 aliphatic carbocycles. The molecule has 2 saturated carbocycles. The molecule has 10 nitrogen and oxygen atoms in total. The van der Waals surface area contributed by atoms with Gasteiger partial charge in [0.2, 0.25) is 0 Å². The van der Waals surface area contributed by atoms with E-state index in [1.165, 1.54) is 26.2 Å². The normalized spacial score (nSPS) is 38.0. The van der Waals surface area contributed by atoms with Crippen LogP contribution >= 0.6 is 0 Å². The summed E-state index contributed by atoms with van der Waals surface area (Å²) in [6.07, 6.45) is 2.02. The molecule has 0 aromatic carbocycles. The molecule has 25 heavy (non-hydrogen) atoms. The molecule has 2 aromatic heterocycles. The standard InChI is InChI=1S/C8H13N5.C7H11N5/c1-13-3-6-5(7(6)4-13)2-8-9-11-12-10-8;1(7-9-11-12-10-7)4-5-2-8-3-6(4)5/h5-7H,2-4H2,1H3,(H,9,10,11,12);4-6,8H,1-3H2,(H,9,10,11,12). The number of nitrogens with zero attached hydrogens (tertiary/aromatic N) is 7. The number of hydrogen-bond donors (Lipinski definition) is 3. The van der Waals surface area contributed by atoms with Crippen molar-refractivity contribution in [1.29, 1.82) is 0 Å². The average molecular weight is 344 g/mol. The van der Waals surface area contributed by atoms with Crippen LogP contribution in [0.15, 0.2) is 0 Å². The number of aromatic nitrogens is 8. The molecule has 2 aliphatic heterocycles. The molecule has 2 aromatic rings. The monoisotopic (exact) mass is 344 g/mol. The maximum absolute atomic E-state index is 3.98. The number of H-pyrrole nitrogens is 2. The third-order valence-corrected chi connectivity index (χ3v) is 6.44. The van der Waals surface area contributed by atoms with Crippen LogP contribution in [-0.4, -0.2) is 79.4 Å². The van der Waals surface area contributed by atoms with Crippen molar-refractivity contribution in [2.75, 3.05) is 33.2 Å². The lowest BCUT2D eigenvalue weighted by Crippen LogP contribution is -2.19. The lowest BCUT2D eigenvalue weighted by Gasteiger charge is -2.11. The Kier molecular flexibility index (Phi) is 3.74. The van der Waals surface area contributed by atoms with E-state index in [0.717, 1.165) is 60.0 Å². The topological polar surface area (TPSA) is 124 Å². The predicted molar refractivity (Wildman–Crippen MR) is 87.1 cm³/mol. The lowest BCUT2D eigenvalue weighted by molar-refractivity contribution is 0.342. The molecule has 0 spiro atoms. The molecule has 134 valence electrons. The van der Waals surface area contributed by atoms with E-state index in [9.17, 15) is 0 Å². The highest BCUT2D eigenvalue weighted by Gasteiger charge is 2.54. The van der Waals surface area contributed by atoms with Gasteiger partial charge in [-0.15, -0.1) is 20.4 Å². The highest BCUT2D eigenvalue weighted by atomic mass is 15.5. The van der Waals surface area contributed by atoms with Gasteiger partial charge in [-0.3, -0.25) is 0 Å². The molecular formula is C15H24N10. The van der Waals surface area contributed by atoms with Gasteiger partial charge in [0, 0.05) is 25.9 Å². The summed E-state index contributed by atoms with van der Waals surface area (Å²) >= 11 is 0. The molecular weight excluding hydrogens is 320 g/mol. The van der Waals surface area contributed by atoms with Crippen LogP contribution in [0.4, 0.5) is 0 Å². The van der Waals surface area contributed by atoms with Crippen molar-refractivity contribution in [1.82, 2.24) is 51.5 Å². The molecule has 2 saturated heterocycles. The number of piperidine rings is 2. The zero-order valence-corrected chi connectivity index (χ0v) is 14.3. The quantitative estimate of drug-likeness (QED) is 0.629. The second-order valence-electron chi connectivity index (χ2n) is 7.93. The Morgan fingerprint density at radius 3 is 1.84 bits per heavy atom. The summed E-state index contributed by atoms with van der Waals surface area (Å²) in [6, 6.07) is 0. The van der Waals surface area contributed by atoms with Crippen molar-refractivity contribution in [3.8, 4) is 0 Å². The average Bonchev–Trinajstić information content (AvgIpc) is 3.20. The van der Waals surface area contributed by atoms with Crippen LogP contribution in [0, 0.1) is 35.5 Å². The fourth-order valence-electron chi connectivity index (χ4n) is 4.97. The highest BCUT2D eigenvalue weighted by molar-refractivity contribution is 5.07. The Hall–Kier alpha value is -1.94. The van der Waals surface area contributed by atoms with Crippen molar-refractivity contribution in [2.45, 2.75) is 12.8 Å². The second kappa shape index (κ2) is 6.10. The molecule has 3 N–H and O–H groups in total. The van der Waals surface area contributed by atoms with Gasteiger partial charge in [0.25, 0.3) is 0 Å². The fourth-order valence-corrected chi connectivity index (χ4v) is 4.97. The summed E-state index contributed by atoms with van der Waals surface area (Å²) < 4.78 is 0. The minimum atomic E-state index is 0.823. The van der Waals surface area contributed by atoms with Crippen LogP contribution in [0.3, 0.4) is 0 Å². The van der Waals surface area contributed by atoms with Gasteiger partial charge < -0.3 is 10.2 Å². The molecule has 4 atom stereocenters. The van der Waals surface area contributed by atoms with Gasteiger partial charge in [0.1, 0.15) is 0 Å². The van der Waals surface area contributed by atoms with E-state index in [1.54, 1.807) is 0 Å². The Morgan fingerprint density at radius 1 is 0.840 bits per heavy atom. The molecule has 6 rings (SSSR count). The first-order valence-electron chi connectivity index (χ1n) is 9.13. The van der Waals surface area contributed by atoms with E-state index in [-0.39, 0.29) is 0 Å². The predicted octanol–water partition coefficient (Wildman–Crippen LogP) is -1.24. The fraction of sp³-hybridized carbons (Fsp3) is 0.867. The summed E-state index contributed by atoms with van der Waals surface area (Å²) in [7, 11) is 2.19.